The van der Waals surface area contributed by atoms with Crippen molar-refractivity contribution in [3.63, 3.8) is 0 Å². The van der Waals surface area contributed by atoms with Gasteiger partial charge in [-0.3, -0.25) is 0 Å². The summed E-state index contributed by atoms with van der Waals surface area (Å²) in [6.07, 6.45) is 0. The third-order valence-corrected chi connectivity index (χ3v) is 26.4. The second-order valence-corrected chi connectivity index (χ2v) is 33.2. The lowest BCUT2D eigenvalue weighted by Gasteiger charge is -2.17. The minimum Gasteiger partial charge on any atom is -0.436 e. The number of thiophene rings is 1. The molecule has 0 aliphatic rings. The van der Waals surface area contributed by atoms with Crippen molar-refractivity contribution in [1.82, 2.24) is 38.2 Å². The molecule has 0 N–H and O–H groups in total. The summed E-state index contributed by atoms with van der Waals surface area (Å²) in [5.74, 6) is 0. The summed E-state index contributed by atoms with van der Waals surface area (Å²) in [5.41, 5.74) is 23.4. The Kier molecular flexibility index (Phi) is 15.2. The average molecular weight is 1600 g/mol. The van der Waals surface area contributed by atoms with Crippen LogP contribution >= 0.6 is 11.3 Å². The van der Waals surface area contributed by atoms with Crippen molar-refractivity contribution < 1.29 is 4.42 Å². The SMILES string of the molecule is [C-]#[N+]c1cc(-c2nc3c(nc2-c2cccc4c2c2ccccc2n4-c2ccccc2)sc2ccccc23)ccc1-n1c2cc3ccccc3cc2c2ccc3ccccc3c21.c1ccc(-n2c3ccccc3c3c(-c4nc5oc6ccccc6c5nc4-c4cc(-n5c6cc7ccccc7cc6c6ccc7ccccc7c65)c5ccccc5c4)cccc32)cc1. The fourth-order valence-electron chi connectivity index (χ4n) is 20.0. The number of para-hydroxylation sites is 5. The zero-order valence-electron chi connectivity index (χ0n) is 66.4. The number of rotatable bonds is 8. The molecule has 0 saturated carbocycles. The molecule has 8 aromatic heterocycles. The van der Waals surface area contributed by atoms with Crippen LogP contribution in [0.5, 0.6) is 0 Å². The van der Waals surface area contributed by atoms with E-state index in [4.69, 9.17) is 30.9 Å². The Labute approximate surface area is 711 Å². The fourth-order valence-corrected chi connectivity index (χ4v) is 21.0. The Morgan fingerprint density at radius 3 is 1.31 bits per heavy atom. The Morgan fingerprint density at radius 1 is 0.266 bits per heavy atom. The summed E-state index contributed by atoms with van der Waals surface area (Å²) >= 11 is 1.67. The van der Waals surface area contributed by atoms with Crippen LogP contribution in [0.25, 0.3) is 256 Å². The highest BCUT2D eigenvalue weighted by atomic mass is 32.1. The second kappa shape index (κ2) is 27.2. The van der Waals surface area contributed by atoms with Gasteiger partial charge in [0, 0.05) is 103 Å². The Bertz CT molecular complexity index is 9300. The molecule has 19 aromatic carbocycles. The standard InChI is InChI=1S/C58H34N4O.C55H31N5S/c1-2-19-40(20-3-1)61-48-26-12-10-23-44(48)53-46(25-14-27-49(53)61)55-54(59-56-45-24-11-13-28-52(45)63-58(56)60-55)39-31-38-18-7-8-21-41(38)50(34-39)62-51-33-37-17-5-4-16-36(37)32-47(51)43-30-29-35-15-6-9-22-42(35)57(43)62;1-56-44-31-36(27-29-46(44)60-48-32-35-16-6-5-15-34(35)30-43(48)39-28-26-33-14-7-8-19-38(33)54(39)60)51-52(58-55-53(57-51)41-21-10-12-25-49(41)61-55)42-22-13-24-47-50(42)40-20-9-11-23-45(40)59(47)37-17-3-2-4-18-37/h1-34H;2-32H. The van der Waals surface area contributed by atoms with E-state index in [-0.39, 0.29) is 0 Å². The van der Waals surface area contributed by atoms with Crippen molar-refractivity contribution in [3.05, 3.63) is 406 Å². The van der Waals surface area contributed by atoms with E-state index in [0.29, 0.717) is 11.4 Å². The van der Waals surface area contributed by atoms with E-state index in [1.165, 1.54) is 43.2 Å². The smallest absolute Gasteiger partial charge is 0.246 e. The van der Waals surface area contributed by atoms with Crippen LogP contribution in [-0.2, 0) is 0 Å². The van der Waals surface area contributed by atoms with Crippen molar-refractivity contribution in [1.29, 1.82) is 0 Å². The number of aromatic nitrogens is 8. The quantitative estimate of drug-likeness (QED) is 0.141. The third-order valence-electron chi connectivity index (χ3n) is 25.4. The van der Waals surface area contributed by atoms with Crippen LogP contribution in [0.1, 0.15) is 0 Å². The maximum absolute atomic E-state index is 8.75. The first-order valence-electron chi connectivity index (χ1n) is 41.8. The predicted octanol–water partition coefficient (Wildman–Crippen LogP) is 30.6. The van der Waals surface area contributed by atoms with E-state index in [1.54, 1.807) is 11.3 Å². The van der Waals surface area contributed by atoms with Crippen LogP contribution in [0.2, 0.25) is 0 Å². The van der Waals surface area contributed by atoms with Gasteiger partial charge in [-0.05, 0) is 159 Å². The molecule has 0 saturated heterocycles. The molecular formula is C113H65N9OS. The lowest BCUT2D eigenvalue weighted by molar-refractivity contribution is 0.653. The molecule has 0 bridgehead atoms. The van der Waals surface area contributed by atoms with E-state index in [1.807, 2.05) is 24.3 Å². The predicted molar refractivity (Wildman–Crippen MR) is 517 cm³/mol. The molecular weight excluding hydrogens is 1530 g/mol. The molecule has 0 aliphatic carbocycles. The van der Waals surface area contributed by atoms with Gasteiger partial charge in [0.25, 0.3) is 0 Å². The zero-order chi connectivity index (χ0) is 81.4. The first-order chi connectivity index (χ1) is 61.5. The molecule has 0 aliphatic heterocycles. The van der Waals surface area contributed by atoms with Gasteiger partial charge in [-0.2, -0.15) is 0 Å². The number of furan rings is 1. The van der Waals surface area contributed by atoms with Gasteiger partial charge in [0.05, 0.1) is 79.2 Å². The lowest BCUT2D eigenvalue weighted by atomic mass is 9.96. The number of nitrogens with zero attached hydrogens (tertiary/aromatic N) is 9. The summed E-state index contributed by atoms with van der Waals surface area (Å²) in [6, 6.07) is 140. The van der Waals surface area contributed by atoms with Crippen LogP contribution in [0.15, 0.2) is 399 Å². The van der Waals surface area contributed by atoms with Crippen LogP contribution in [-0.4, -0.2) is 38.2 Å². The maximum atomic E-state index is 8.75. The third kappa shape index (κ3) is 10.4. The van der Waals surface area contributed by atoms with Crippen molar-refractivity contribution >= 4 is 201 Å². The van der Waals surface area contributed by atoms with Gasteiger partial charge in [-0.1, -0.05) is 279 Å². The van der Waals surface area contributed by atoms with Gasteiger partial charge in [0.15, 0.2) is 0 Å². The molecule has 0 amide bonds. The Morgan fingerprint density at radius 2 is 0.726 bits per heavy atom. The number of hydrogen-bond donors (Lipinski definition) is 0. The van der Waals surface area contributed by atoms with Gasteiger partial charge < -0.3 is 22.7 Å². The van der Waals surface area contributed by atoms with Crippen LogP contribution in [0.3, 0.4) is 0 Å². The lowest BCUT2D eigenvalue weighted by Crippen LogP contribution is -2.00. The van der Waals surface area contributed by atoms with Crippen LogP contribution < -0.4 is 0 Å². The van der Waals surface area contributed by atoms with Crippen molar-refractivity contribution in [3.8, 4) is 67.8 Å². The molecule has 0 fully saturated rings. The zero-order valence-corrected chi connectivity index (χ0v) is 67.2. The average Bonchev–Trinajstić information content (AvgIpc) is 1.56. The molecule has 0 atom stereocenters. The Hall–Kier alpha value is -16.7. The fraction of sp³-hybridized carbons (Fsp3) is 0. The highest BCUT2D eigenvalue weighted by molar-refractivity contribution is 7.25. The molecule has 10 nitrogen and oxygen atoms in total. The van der Waals surface area contributed by atoms with Gasteiger partial charge in [0.2, 0.25) is 11.4 Å². The number of hydrogen-bond acceptors (Lipinski definition) is 6. The highest BCUT2D eigenvalue weighted by Crippen LogP contribution is 2.50. The summed E-state index contributed by atoms with van der Waals surface area (Å²) in [7, 11) is 0. The van der Waals surface area contributed by atoms with Crippen molar-refractivity contribution in [2.24, 2.45) is 0 Å². The van der Waals surface area contributed by atoms with Crippen molar-refractivity contribution in [2.45, 2.75) is 0 Å². The summed E-state index contributed by atoms with van der Waals surface area (Å²) in [6.45, 7) is 8.75. The van der Waals surface area contributed by atoms with Gasteiger partial charge in [-0.15, -0.1) is 11.3 Å². The highest BCUT2D eigenvalue weighted by Gasteiger charge is 2.29. The first-order valence-corrected chi connectivity index (χ1v) is 42.6. The first kappa shape index (κ1) is 69.3. The summed E-state index contributed by atoms with van der Waals surface area (Å²) < 4.78 is 17.2. The molecule has 27 rings (SSSR count). The molecule has 124 heavy (non-hydrogen) atoms. The van der Waals surface area contributed by atoms with Crippen molar-refractivity contribution in [2.75, 3.05) is 0 Å². The minimum atomic E-state index is 0.514. The largest absolute Gasteiger partial charge is 0.436 e. The molecule has 0 unspecified atom stereocenters. The normalized spacial score (nSPS) is 12.0. The van der Waals surface area contributed by atoms with Gasteiger partial charge in [0.1, 0.15) is 27.1 Å². The molecule has 0 spiro atoms. The van der Waals surface area contributed by atoms with Gasteiger partial charge in [-0.25, -0.2) is 24.8 Å². The van der Waals surface area contributed by atoms with E-state index >= 15 is 0 Å². The molecule has 27 aromatic rings. The summed E-state index contributed by atoms with van der Waals surface area (Å²) in [5, 5.41) is 23.0. The number of fused-ring (bicyclic) bond motifs is 25. The van der Waals surface area contributed by atoms with E-state index in [0.717, 1.165) is 203 Å². The topological polar surface area (TPSA) is 88.8 Å². The van der Waals surface area contributed by atoms with E-state index in [2.05, 4.69) is 393 Å². The second-order valence-electron chi connectivity index (χ2n) is 32.1. The molecule has 574 valence electrons. The minimum absolute atomic E-state index is 0.514. The number of benzene rings is 19. The maximum Gasteiger partial charge on any atom is 0.246 e. The van der Waals surface area contributed by atoms with E-state index in [9.17, 15) is 0 Å². The molecule has 8 heterocycles. The van der Waals surface area contributed by atoms with E-state index < -0.39 is 0 Å². The molecule has 11 heteroatoms. The summed E-state index contributed by atoms with van der Waals surface area (Å²) in [4.78, 5) is 27.4. The Balaban J connectivity index is 0.000000133. The molecule has 0 radical (unpaired) electrons. The monoisotopic (exact) mass is 1600 g/mol. The van der Waals surface area contributed by atoms with Gasteiger partial charge >= 0.3 is 0 Å². The van der Waals surface area contributed by atoms with Crippen LogP contribution in [0.4, 0.5) is 5.69 Å². The van der Waals surface area contributed by atoms with Crippen LogP contribution in [0, 0.1) is 6.57 Å².